The molecule has 0 saturated carbocycles. The molecule has 0 heterocycles. The first-order valence-electron chi connectivity index (χ1n) is 6.55. The number of amides is 1. The normalized spacial score (nSPS) is 10.4. The minimum absolute atomic E-state index is 0.332. The first kappa shape index (κ1) is 15.4. The Labute approximate surface area is 128 Å². The molecular weight excluding hydrogens is 288 g/mol. The number of primary amides is 1. The zero-order valence-corrected chi connectivity index (χ0v) is 12.5. The quantitative estimate of drug-likeness (QED) is 0.862. The van der Waals surface area contributed by atoms with E-state index in [-0.39, 0.29) is 0 Å². The highest BCUT2D eigenvalue weighted by molar-refractivity contribution is 6.31. The molecule has 0 bridgehead atoms. The number of carbonyl (C=O) groups is 1. The van der Waals surface area contributed by atoms with Crippen molar-refractivity contribution in [3.8, 4) is 5.75 Å². The molecule has 0 aliphatic carbocycles. The number of hydrogen-bond acceptors (Lipinski definition) is 3. The fraction of sp³-hybridized carbons (Fsp3) is 0.188. The summed E-state index contributed by atoms with van der Waals surface area (Å²) in [4.78, 5) is 11.1. The number of carbonyl (C=O) groups excluding carboxylic acids is 1. The van der Waals surface area contributed by atoms with Crippen LogP contribution in [-0.4, -0.2) is 13.0 Å². The van der Waals surface area contributed by atoms with Gasteiger partial charge in [0.2, 0.25) is 5.91 Å². The maximum atomic E-state index is 11.1. The Hall–Kier alpha value is -2.04. The van der Waals surface area contributed by atoms with Gasteiger partial charge in [-0.05, 0) is 25.2 Å². The second-order valence-corrected chi connectivity index (χ2v) is 5.00. The average molecular weight is 305 g/mol. The molecule has 0 unspecified atom stereocenters. The SMILES string of the molecule is CNCc1ccccc1OCc1ccc(C(N)=O)cc1Cl. The molecule has 2 aromatic rings. The van der Waals surface area contributed by atoms with Gasteiger partial charge in [-0.1, -0.05) is 35.9 Å². The van der Waals surface area contributed by atoms with Crippen LogP contribution >= 0.6 is 11.6 Å². The van der Waals surface area contributed by atoms with Gasteiger partial charge in [-0.2, -0.15) is 0 Å². The molecule has 2 aromatic carbocycles. The Balaban J connectivity index is 2.11. The third kappa shape index (κ3) is 3.97. The van der Waals surface area contributed by atoms with Crippen LogP contribution in [0.3, 0.4) is 0 Å². The molecule has 0 atom stereocenters. The number of nitrogens with one attached hydrogen (secondary N) is 1. The molecule has 0 radical (unpaired) electrons. The number of benzene rings is 2. The Bertz CT molecular complexity index is 644. The van der Waals surface area contributed by atoms with E-state index in [9.17, 15) is 4.79 Å². The van der Waals surface area contributed by atoms with Crippen LogP contribution < -0.4 is 15.8 Å². The van der Waals surface area contributed by atoms with Crippen molar-refractivity contribution in [3.05, 3.63) is 64.2 Å². The highest BCUT2D eigenvalue weighted by Crippen LogP contribution is 2.22. The zero-order chi connectivity index (χ0) is 15.2. The molecule has 2 rings (SSSR count). The highest BCUT2D eigenvalue weighted by atomic mass is 35.5. The van der Waals surface area contributed by atoms with Crippen LogP contribution in [-0.2, 0) is 13.2 Å². The summed E-state index contributed by atoms with van der Waals surface area (Å²) in [5.41, 5.74) is 7.48. The van der Waals surface area contributed by atoms with E-state index in [0.29, 0.717) is 17.2 Å². The van der Waals surface area contributed by atoms with Crippen molar-refractivity contribution in [2.45, 2.75) is 13.2 Å². The molecule has 0 spiro atoms. The van der Waals surface area contributed by atoms with E-state index in [0.717, 1.165) is 23.4 Å². The van der Waals surface area contributed by atoms with Crippen LogP contribution in [0.1, 0.15) is 21.5 Å². The number of para-hydroxylation sites is 1. The molecular formula is C16H17ClN2O2. The van der Waals surface area contributed by atoms with Gasteiger partial charge in [0.15, 0.2) is 0 Å². The van der Waals surface area contributed by atoms with E-state index in [1.807, 2.05) is 31.3 Å². The van der Waals surface area contributed by atoms with Crippen molar-refractivity contribution in [3.63, 3.8) is 0 Å². The van der Waals surface area contributed by atoms with Crippen LogP contribution in [0.2, 0.25) is 5.02 Å². The topological polar surface area (TPSA) is 64.3 Å². The minimum atomic E-state index is -0.497. The monoisotopic (exact) mass is 304 g/mol. The average Bonchev–Trinajstić information content (AvgIpc) is 2.47. The summed E-state index contributed by atoms with van der Waals surface area (Å²) in [5.74, 6) is 0.311. The number of ether oxygens (including phenoxy) is 1. The summed E-state index contributed by atoms with van der Waals surface area (Å²) in [7, 11) is 1.89. The van der Waals surface area contributed by atoms with Crippen LogP contribution in [0.25, 0.3) is 0 Å². The van der Waals surface area contributed by atoms with E-state index >= 15 is 0 Å². The number of nitrogens with two attached hydrogens (primary N) is 1. The van der Waals surface area contributed by atoms with Crippen molar-refractivity contribution in [2.24, 2.45) is 5.73 Å². The predicted molar refractivity (Wildman–Crippen MR) is 83.5 cm³/mol. The molecule has 1 amide bonds. The van der Waals surface area contributed by atoms with E-state index in [1.54, 1.807) is 18.2 Å². The minimum Gasteiger partial charge on any atom is -0.489 e. The van der Waals surface area contributed by atoms with Gasteiger partial charge in [0.25, 0.3) is 0 Å². The summed E-state index contributed by atoms with van der Waals surface area (Å²) in [6, 6.07) is 12.8. The lowest BCUT2D eigenvalue weighted by Crippen LogP contribution is -2.11. The second-order valence-electron chi connectivity index (χ2n) is 4.60. The first-order chi connectivity index (χ1) is 10.1. The lowest BCUT2D eigenvalue weighted by atomic mass is 10.1. The van der Waals surface area contributed by atoms with Gasteiger partial charge >= 0.3 is 0 Å². The Morgan fingerprint density at radius 2 is 2.00 bits per heavy atom. The lowest BCUT2D eigenvalue weighted by molar-refractivity contribution is 0.1000. The Kier molecular flexibility index (Phi) is 5.20. The van der Waals surface area contributed by atoms with Crippen molar-refractivity contribution in [1.82, 2.24) is 5.32 Å². The van der Waals surface area contributed by atoms with E-state index in [2.05, 4.69) is 5.32 Å². The van der Waals surface area contributed by atoms with Gasteiger partial charge in [-0.3, -0.25) is 4.79 Å². The largest absolute Gasteiger partial charge is 0.489 e. The van der Waals surface area contributed by atoms with E-state index < -0.39 is 5.91 Å². The molecule has 5 heteroatoms. The maximum Gasteiger partial charge on any atom is 0.248 e. The second kappa shape index (κ2) is 7.11. The summed E-state index contributed by atoms with van der Waals surface area (Å²) in [6.45, 7) is 1.06. The smallest absolute Gasteiger partial charge is 0.248 e. The van der Waals surface area contributed by atoms with Crippen molar-refractivity contribution in [2.75, 3.05) is 7.05 Å². The number of hydrogen-bond donors (Lipinski definition) is 2. The van der Waals surface area contributed by atoms with Crippen LogP contribution in [0.5, 0.6) is 5.75 Å². The molecule has 0 aromatic heterocycles. The molecule has 110 valence electrons. The van der Waals surface area contributed by atoms with Crippen LogP contribution in [0.4, 0.5) is 0 Å². The standard InChI is InChI=1S/C16H17ClN2O2/c1-19-9-12-4-2-3-5-15(12)21-10-13-7-6-11(16(18)20)8-14(13)17/h2-8,19H,9-10H2,1H3,(H2,18,20). The number of rotatable bonds is 6. The molecule has 0 saturated heterocycles. The fourth-order valence-corrected chi connectivity index (χ4v) is 2.19. The van der Waals surface area contributed by atoms with Crippen molar-refractivity contribution in [1.29, 1.82) is 0 Å². The van der Waals surface area contributed by atoms with Crippen LogP contribution in [0.15, 0.2) is 42.5 Å². The summed E-state index contributed by atoms with van der Waals surface area (Å²) >= 11 is 6.14. The third-order valence-corrected chi connectivity index (χ3v) is 3.41. The predicted octanol–water partition coefficient (Wildman–Crippen LogP) is 2.74. The maximum absolute atomic E-state index is 11.1. The third-order valence-electron chi connectivity index (χ3n) is 3.06. The summed E-state index contributed by atoms with van der Waals surface area (Å²) < 4.78 is 5.82. The highest BCUT2D eigenvalue weighted by Gasteiger charge is 2.08. The number of halogens is 1. The van der Waals surface area contributed by atoms with Gasteiger partial charge in [0, 0.05) is 28.3 Å². The van der Waals surface area contributed by atoms with Gasteiger partial charge in [0.05, 0.1) is 0 Å². The van der Waals surface area contributed by atoms with Gasteiger partial charge < -0.3 is 15.8 Å². The summed E-state index contributed by atoms with van der Waals surface area (Å²) in [6.07, 6.45) is 0. The molecule has 3 N–H and O–H groups in total. The molecule has 4 nitrogen and oxygen atoms in total. The zero-order valence-electron chi connectivity index (χ0n) is 11.7. The van der Waals surface area contributed by atoms with Crippen molar-refractivity contribution >= 4 is 17.5 Å². The first-order valence-corrected chi connectivity index (χ1v) is 6.93. The lowest BCUT2D eigenvalue weighted by Gasteiger charge is -2.12. The molecule has 21 heavy (non-hydrogen) atoms. The van der Waals surface area contributed by atoms with Gasteiger partial charge in [-0.25, -0.2) is 0 Å². The van der Waals surface area contributed by atoms with Crippen LogP contribution in [0, 0.1) is 0 Å². The Morgan fingerprint density at radius 3 is 2.67 bits per heavy atom. The van der Waals surface area contributed by atoms with Gasteiger partial charge in [0.1, 0.15) is 12.4 Å². The van der Waals surface area contributed by atoms with E-state index in [1.165, 1.54) is 0 Å². The van der Waals surface area contributed by atoms with E-state index in [4.69, 9.17) is 22.1 Å². The summed E-state index contributed by atoms with van der Waals surface area (Å²) in [5, 5.41) is 3.57. The van der Waals surface area contributed by atoms with Gasteiger partial charge in [-0.15, -0.1) is 0 Å². The molecule has 0 aliphatic heterocycles. The van der Waals surface area contributed by atoms with Crippen molar-refractivity contribution < 1.29 is 9.53 Å². The molecule has 0 aliphatic rings. The fourth-order valence-electron chi connectivity index (χ4n) is 1.95. The molecule has 0 fully saturated rings. The Morgan fingerprint density at radius 1 is 1.24 bits per heavy atom.